The van der Waals surface area contributed by atoms with Crippen LogP contribution in [0.2, 0.25) is 0 Å². The lowest BCUT2D eigenvalue weighted by Gasteiger charge is -2.06. The highest BCUT2D eigenvalue weighted by molar-refractivity contribution is 5.63. The number of nitrogens with one attached hydrogen (secondary N) is 1. The second-order valence-corrected chi connectivity index (χ2v) is 4.27. The molecule has 18 heavy (non-hydrogen) atoms. The summed E-state index contributed by atoms with van der Waals surface area (Å²) in [5, 5.41) is 0. The third kappa shape index (κ3) is 2.80. The first-order valence-electron chi connectivity index (χ1n) is 6.13. The molecule has 3 heteroatoms. The van der Waals surface area contributed by atoms with Crippen LogP contribution in [0, 0.1) is 6.92 Å². The van der Waals surface area contributed by atoms with Gasteiger partial charge in [0.05, 0.1) is 6.61 Å². The molecule has 0 atom stereocenters. The molecule has 3 nitrogen and oxygen atoms in total. The Bertz CT molecular complexity index is 570. The van der Waals surface area contributed by atoms with E-state index < -0.39 is 0 Å². The maximum atomic E-state index is 11.3. The molecule has 1 heterocycles. The van der Waals surface area contributed by atoms with Gasteiger partial charge in [-0.15, -0.1) is 0 Å². The Labute approximate surface area is 106 Å². The molecule has 0 aliphatic heterocycles. The molecule has 0 unspecified atom stereocenters. The summed E-state index contributed by atoms with van der Waals surface area (Å²) >= 11 is 0. The van der Waals surface area contributed by atoms with Crippen LogP contribution < -0.4 is 10.3 Å². The Kier molecular flexibility index (Phi) is 3.82. The van der Waals surface area contributed by atoms with E-state index in [1.165, 1.54) is 0 Å². The summed E-state index contributed by atoms with van der Waals surface area (Å²) in [6.07, 6.45) is 2.73. The van der Waals surface area contributed by atoms with E-state index in [-0.39, 0.29) is 5.56 Å². The maximum absolute atomic E-state index is 11.3. The van der Waals surface area contributed by atoms with Crippen LogP contribution in [-0.4, -0.2) is 11.6 Å². The number of ether oxygens (including phenoxy) is 1. The van der Waals surface area contributed by atoms with Crippen molar-refractivity contribution < 1.29 is 4.74 Å². The highest BCUT2D eigenvalue weighted by Crippen LogP contribution is 2.21. The Morgan fingerprint density at radius 3 is 2.50 bits per heavy atom. The van der Waals surface area contributed by atoms with Crippen molar-refractivity contribution >= 4 is 0 Å². The number of rotatable bonds is 4. The third-order valence-corrected chi connectivity index (χ3v) is 2.75. The number of aromatic nitrogens is 1. The van der Waals surface area contributed by atoms with Crippen LogP contribution in [0.5, 0.6) is 5.75 Å². The quantitative estimate of drug-likeness (QED) is 0.896. The first-order valence-corrected chi connectivity index (χ1v) is 6.13. The fourth-order valence-corrected chi connectivity index (χ4v) is 1.73. The van der Waals surface area contributed by atoms with E-state index in [4.69, 9.17) is 4.74 Å². The van der Waals surface area contributed by atoms with Crippen LogP contribution in [0.1, 0.15) is 18.9 Å². The number of hydrogen-bond acceptors (Lipinski definition) is 2. The molecular formula is C15H17NO2. The molecule has 0 aliphatic rings. The van der Waals surface area contributed by atoms with Gasteiger partial charge in [0.15, 0.2) is 0 Å². The number of aromatic amines is 1. The molecule has 0 spiro atoms. The Balaban J connectivity index is 2.23. The monoisotopic (exact) mass is 243 g/mol. The Morgan fingerprint density at radius 2 is 1.89 bits per heavy atom. The zero-order valence-corrected chi connectivity index (χ0v) is 10.7. The molecule has 0 saturated heterocycles. The zero-order valence-electron chi connectivity index (χ0n) is 10.7. The van der Waals surface area contributed by atoms with Gasteiger partial charge >= 0.3 is 0 Å². The fourth-order valence-electron chi connectivity index (χ4n) is 1.73. The summed E-state index contributed by atoms with van der Waals surface area (Å²) in [6.45, 7) is 4.62. The molecule has 2 aromatic rings. The molecule has 94 valence electrons. The smallest absolute Gasteiger partial charge is 0.250 e. The molecule has 0 fully saturated rings. The largest absolute Gasteiger partial charge is 0.494 e. The number of H-pyrrole nitrogens is 1. The van der Waals surface area contributed by atoms with E-state index in [0.717, 1.165) is 35.5 Å². The van der Waals surface area contributed by atoms with Crippen molar-refractivity contribution in [3.8, 4) is 16.9 Å². The van der Waals surface area contributed by atoms with Gasteiger partial charge in [0.25, 0.3) is 5.56 Å². The second-order valence-electron chi connectivity index (χ2n) is 4.27. The predicted molar refractivity (Wildman–Crippen MR) is 73.0 cm³/mol. The van der Waals surface area contributed by atoms with E-state index >= 15 is 0 Å². The highest BCUT2D eigenvalue weighted by Gasteiger charge is 2.01. The van der Waals surface area contributed by atoms with E-state index in [9.17, 15) is 4.79 Å². The van der Waals surface area contributed by atoms with Crippen molar-refractivity contribution in [3.05, 3.63) is 52.4 Å². The van der Waals surface area contributed by atoms with E-state index in [0.29, 0.717) is 0 Å². The Morgan fingerprint density at radius 1 is 1.17 bits per heavy atom. The third-order valence-electron chi connectivity index (χ3n) is 2.75. The molecule has 0 aliphatic carbocycles. The van der Waals surface area contributed by atoms with Gasteiger partial charge in [-0.1, -0.05) is 19.1 Å². The summed E-state index contributed by atoms with van der Waals surface area (Å²) in [4.78, 5) is 14.0. The summed E-state index contributed by atoms with van der Waals surface area (Å²) in [7, 11) is 0. The molecule has 1 aromatic carbocycles. The van der Waals surface area contributed by atoms with Crippen molar-refractivity contribution in [1.82, 2.24) is 4.98 Å². The van der Waals surface area contributed by atoms with Crippen LogP contribution >= 0.6 is 0 Å². The molecule has 0 amide bonds. The topological polar surface area (TPSA) is 42.1 Å². The minimum Gasteiger partial charge on any atom is -0.494 e. The summed E-state index contributed by atoms with van der Waals surface area (Å²) in [6, 6.07) is 9.79. The molecular weight excluding hydrogens is 226 g/mol. The fraction of sp³-hybridized carbons (Fsp3) is 0.267. The normalized spacial score (nSPS) is 10.3. The molecule has 2 rings (SSSR count). The standard InChI is InChI=1S/C15H17NO2/c1-3-8-18-14-6-4-12(5-7-14)13-9-11(2)15(17)16-10-13/h4-7,9-10H,3,8H2,1-2H3,(H,16,17). The minimum absolute atomic E-state index is 0.0401. The van der Waals surface area contributed by atoms with E-state index in [1.54, 1.807) is 13.1 Å². The summed E-state index contributed by atoms with van der Waals surface area (Å²) in [5.74, 6) is 0.877. The van der Waals surface area contributed by atoms with Crippen molar-refractivity contribution in [2.75, 3.05) is 6.61 Å². The van der Waals surface area contributed by atoms with Crippen molar-refractivity contribution in [2.24, 2.45) is 0 Å². The number of aryl methyl sites for hydroxylation is 1. The summed E-state index contributed by atoms with van der Waals surface area (Å²) in [5.41, 5.74) is 2.76. The average Bonchev–Trinajstić information content (AvgIpc) is 2.40. The lowest BCUT2D eigenvalue weighted by atomic mass is 10.1. The van der Waals surface area contributed by atoms with Gasteiger partial charge in [-0.05, 0) is 42.7 Å². The van der Waals surface area contributed by atoms with Crippen LogP contribution in [0.3, 0.4) is 0 Å². The minimum atomic E-state index is -0.0401. The van der Waals surface area contributed by atoms with Crippen molar-refractivity contribution in [3.63, 3.8) is 0 Å². The number of hydrogen-bond donors (Lipinski definition) is 1. The first kappa shape index (κ1) is 12.4. The molecule has 0 radical (unpaired) electrons. The van der Waals surface area contributed by atoms with Gasteiger partial charge in [0.2, 0.25) is 0 Å². The lowest BCUT2D eigenvalue weighted by molar-refractivity contribution is 0.317. The molecule has 0 saturated carbocycles. The maximum Gasteiger partial charge on any atom is 0.250 e. The first-order chi connectivity index (χ1) is 8.70. The van der Waals surface area contributed by atoms with Gasteiger partial charge < -0.3 is 9.72 Å². The van der Waals surface area contributed by atoms with Gasteiger partial charge in [0.1, 0.15) is 5.75 Å². The van der Waals surface area contributed by atoms with Gasteiger partial charge in [-0.25, -0.2) is 0 Å². The van der Waals surface area contributed by atoms with Gasteiger partial charge in [-0.2, -0.15) is 0 Å². The van der Waals surface area contributed by atoms with Gasteiger partial charge in [-0.3, -0.25) is 4.79 Å². The molecule has 1 N–H and O–H groups in total. The molecule has 0 bridgehead atoms. The van der Waals surface area contributed by atoms with E-state index in [2.05, 4.69) is 11.9 Å². The van der Waals surface area contributed by atoms with Crippen LogP contribution in [0.25, 0.3) is 11.1 Å². The number of pyridine rings is 1. The van der Waals surface area contributed by atoms with E-state index in [1.807, 2.05) is 30.3 Å². The summed E-state index contributed by atoms with van der Waals surface area (Å²) < 4.78 is 5.53. The average molecular weight is 243 g/mol. The lowest BCUT2D eigenvalue weighted by Crippen LogP contribution is -2.07. The Hall–Kier alpha value is -2.03. The van der Waals surface area contributed by atoms with Gasteiger partial charge in [0, 0.05) is 11.8 Å². The van der Waals surface area contributed by atoms with Crippen molar-refractivity contribution in [2.45, 2.75) is 20.3 Å². The predicted octanol–water partition coefficient (Wildman–Crippen LogP) is 3.14. The zero-order chi connectivity index (χ0) is 13.0. The molecule has 1 aromatic heterocycles. The van der Waals surface area contributed by atoms with Crippen molar-refractivity contribution in [1.29, 1.82) is 0 Å². The SMILES string of the molecule is CCCOc1ccc(-c2c[nH]c(=O)c(C)c2)cc1. The number of benzene rings is 1. The second kappa shape index (κ2) is 5.54. The van der Waals surface area contributed by atoms with Crippen LogP contribution in [0.4, 0.5) is 0 Å². The van der Waals surface area contributed by atoms with Crippen LogP contribution in [0.15, 0.2) is 41.3 Å². The van der Waals surface area contributed by atoms with Crippen LogP contribution in [-0.2, 0) is 0 Å². The highest BCUT2D eigenvalue weighted by atomic mass is 16.5.